The van der Waals surface area contributed by atoms with Crippen molar-refractivity contribution < 1.29 is 12.9 Å². The summed E-state index contributed by atoms with van der Waals surface area (Å²) in [7, 11) is -3.06. The zero-order valence-electron chi connectivity index (χ0n) is 10.8. The van der Waals surface area contributed by atoms with E-state index in [0.717, 1.165) is 11.8 Å². The van der Waals surface area contributed by atoms with Crippen molar-refractivity contribution in [3.8, 4) is 11.4 Å². The number of hydrogen-bond donors (Lipinski definition) is 1. The maximum absolute atomic E-state index is 11.1. The molecule has 8 heteroatoms. The van der Waals surface area contributed by atoms with E-state index in [4.69, 9.17) is 21.9 Å². The predicted molar refractivity (Wildman–Crippen MR) is 76.0 cm³/mol. The third kappa shape index (κ3) is 4.03. The van der Waals surface area contributed by atoms with Gasteiger partial charge in [0.1, 0.15) is 9.84 Å². The minimum absolute atomic E-state index is 0.0210. The topological polar surface area (TPSA) is 99.1 Å². The zero-order chi connectivity index (χ0) is 14.8. The molecule has 0 radical (unpaired) electrons. The molecule has 2 aromatic rings. The van der Waals surface area contributed by atoms with Gasteiger partial charge in [-0.05, 0) is 30.7 Å². The maximum atomic E-state index is 11.1. The van der Waals surface area contributed by atoms with E-state index in [9.17, 15) is 8.42 Å². The van der Waals surface area contributed by atoms with E-state index < -0.39 is 15.9 Å². The molecule has 6 nitrogen and oxygen atoms in total. The SMILES string of the molecule is CS(=O)(=O)CCC(N)c1nc(-c2ccc(Cl)cc2)no1. The van der Waals surface area contributed by atoms with Gasteiger partial charge in [0.05, 0.1) is 11.8 Å². The van der Waals surface area contributed by atoms with Crippen LogP contribution in [0.4, 0.5) is 0 Å². The van der Waals surface area contributed by atoms with Crippen LogP contribution in [0.2, 0.25) is 5.02 Å². The Labute approximate surface area is 121 Å². The number of halogens is 1. The van der Waals surface area contributed by atoms with Gasteiger partial charge in [0.15, 0.2) is 0 Å². The fourth-order valence-corrected chi connectivity index (χ4v) is 2.37. The molecule has 2 rings (SSSR count). The minimum Gasteiger partial charge on any atom is -0.337 e. The van der Waals surface area contributed by atoms with Gasteiger partial charge in [-0.3, -0.25) is 0 Å². The van der Waals surface area contributed by atoms with Gasteiger partial charge in [0.2, 0.25) is 11.7 Å². The molecule has 1 unspecified atom stereocenters. The molecule has 0 aliphatic carbocycles. The Kier molecular flexibility index (Phi) is 4.42. The van der Waals surface area contributed by atoms with Crippen molar-refractivity contribution in [2.75, 3.05) is 12.0 Å². The number of hydrogen-bond acceptors (Lipinski definition) is 6. The van der Waals surface area contributed by atoms with Gasteiger partial charge in [-0.1, -0.05) is 16.8 Å². The summed E-state index contributed by atoms with van der Waals surface area (Å²) >= 11 is 5.80. The van der Waals surface area contributed by atoms with Crippen LogP contribution in [-0.2, 0) is 9.84 Å². The minimum atomic E-state index is -3.06. The van der Waals surface area contributed by atoms with Crippen LogP contribution >= 0.6 is 11.6 Å². The highest BCUT2D eigenvalue weighted by atomic mass is 35.5. The van der Waals surface area contributed by atoms with Crippen molar-refractivity contribution in [3.05, 3.63) is 35.2 Å². The van der Waals surface area contributed by atoms with Crippen LogP contribution in [0.15, 0.2) is 28.8 Å². The summed E-state index contributed by atoms with van der Waals surface area (Å²) in [4.78, 5) is 4.17. The summed E-state index contributed by atoms with van der Waals surface area (Å²) < 4.78 is 27.2. The molecule has 0 spiro atoms. The second-order valence-electron chi connectivity index (χ2n) is 4.49. The quantitative estimate of drug-likeness (QED) is 0.903. The second kappa shape index (κ2) is 5.90. The number of aromatic nitrogens is 2. The highest BCUT2D eigenvalue weighted by Crippen LogP contribution is 2.21. The highest BCUT2D eigenvalue weighted by molar-refractivity contribution is 7.90. The van der Waals surface area contributed by atoms with Crippen LogP contribution < -0.4 is 5.73 Å². The number of sulfone groups is 1. The lowest BCUT2D eigenvalue weighted by Gasteiger charge is -2.04. The molecular weight excluding hydrogens is 302 g/mol. The first-order valence-corrected chi connectivity index (χ1v) is 8.32. The molecule has 0 bridgehead atoms. The molecular formula is C12H14ClN3O3S. The standard InChI is InChI=1S/C12H14ClN3O3S/c1-20(17,18)7-6-10(14)12-15-11(16-19-12)8-2-4-9(13)5-3-8/h2-5,10H,6-7,14H2,1H3. The molecule has 2 N–H and O–H groups in total. The van der Waals surface area contributed by atoms with E-state index in [1.807, 2.05) is 0 Å². The average Bonchev–Trinajstić information content (AvgIpc) is 2.85. The molecule has 1 aromatic carbocycles. The molecule has 1 aromatic heterocycles. The summed E-state index contributed by atoms with van der Waals surface area (Å²) in [6, 6.07) is 6.36. The van der Waals surface area contributed by atoms with Crippen molar-refractivity contribution in [2.24, 2.45) is 5.73 Å². The van der Waals surface area contributed by atoms with Crippen LogP contribution in [0.25, 0.3) is 11.4 Å². The lowest BCUT2D eigenvalue weighted by molar-refractivity contribution is 0.352. The summed E-state index contributed by atoms with van der Waals surface area (Å²) in [6.45, 7) is 0. The normalized spacial score (nSPS) is 13.3. The Bertz CT molecular complexity index is 682. The van der Waals surface area contributed by atoms with E-state index in [-0.39, 0.29) is 18.1 Å². The van der Waals surface area contributed by atoms with Crippen LogP contribution in [0.1, 0.15) is 18.4 Å². The lowest BCUT2D eigenvalue weighted by Crippen LogP contribution is -2.16. The third-order valence-corrected chi connectivity index (χ3v) is 3.89. The van der Waals surface area contributed by atoms with Crippen molar-refractivity contribution >= 4 is 21.4 Å². The van der Waals surface area contributed by atoms with E-state index in [1.165, 1.54) is 0 Å². The van der Waals surface area contributed by atoms with Gasteiger partial charge in [0.25, 0.3) is 0 Å². The van der Waals surface area contributed by atoms with Gasteiger partial charge >= 0.3 is 0 Å². The first kappa shape index (κ1) is 15.0. The van der Waals surface area contributed by atoms with Crippen molar-refractivity contribution in [1.82, 2.24) is 10.1 Å². The fourth-order valence-electron chi connectivity index (χ4n) is 1.57. The Hall–Kier alpha value is -1.44. The molecule has 0 saturated carbocycles. The lowest BCUT2D eigenvalue weighted by atomic mass is 10.2. The number of benzene rings is 1. The van der Waals surface area contributed by atoms with E-state index >= 15 is 0 Å². The molecule has 1 heterocycles. The van der Waals surface area contributed by atoms with E-state index in [2.05, 4.69) is 10.1 Å². The van der Waals surface area contributed by atoms with Gasteiger partial charge < -0.3 is 10.3 Å². The molecule has 0 amide bonds. The fraction of sp³-hybridized carbons (Fsp3) is 0.333. The second-order valence-corrected chi connectivity index (χ2v) is 7.18. The molecule has 0 aliphatic rings. The van der Waals surface area contributed by atoms with Gasteiger partial charge in [0, 0.05) is 16.8 Å². The molecule has 20 heavy (non-hydrogen) atoms. The monoisotopic (exact) mass is 315 g/mol. The highest BCUT2D eigenvalue weighted by Gasteiger charge is 2.17. The smallest absolute Gasteiger partial charge is 0.243 e. The average molecular weight is 316 g/mol. The van der Waals surface area contributed by atoms with Gasteiger partial charge in [-0.2, -0.15) is 4.98 Å². The number of nitrogens with two attached hydrogens (primary N) is 1. The van der Waals surface area contributed by atoms with Crippen LogP contribution in [0.5, 0.6) is 0 Å². The zero-order valence-corrected chi connectivity index (χ0v) is 12.4. The molecule has 1 atom stereocenters. The largest absolute Gasteiger partial charge is 0.337 e. The molecule has 0 fully saturated rings. The van der Waals surface area contributed by atoms with Gasteiger partial charge in [-0.15, -0.1) is 0 Å². The number of nitrogens with zero attached hydrogens (tertiary/aromatic N) is 2. The van der Waals surface area contributed by atoms with E-state index in [1.54, 1.807) is 24.3 Å². The first-order valence-electron chi connectivity index (χ1n) is 5.88. The van der Waals surface area contributed by atoms with E-state index in [0.29, 0.717) is 10.8 Å². The number of rotatable bonds is 5. The Morgan fingerprint density at radius 2 is 2.00 bits per heavy atom. The van der Waals surface area contributed by atoms with Crippen molar-refractivity contribution in [2.45, 2.75) is 12.5 Å². The van der Waals surface area contributed by atoms with Crippen LogP contribution in [0, 0.1) is 0 Å². The third-order valence-electron chi connectivity index (χ3n) is 2.66. The summed E-state index contributed by atoms with van der Waals surface area (Å²) in [6.07, 6.45) is 1.40. The van der Waals surface area contributed by atoms with Crippen molar-refractivity contribution in [3.63, 3.8) is 0 Å². The Balaban J connectivity index is 2.10. The Morgan fingerprint density at radius 3 is 2.60 bits per heavy atom. The van der Waals surface area contributed by atoms with Crippen LogP contribution in [-0.4, -0.2) is 30.6 Å². The molecule has 0 aliphatic heterocycles. The summed E-state index contributed by atoms with van der Waals surface area (Å²) in [5.74, 6) is 0.595. The van der Waals surface area contributed by atoms with Crippen LogP contribution in [0.3, 0.4) is 0 Å². The Morgan fingerprint density at radius 1 is 1.35 bits per heavy atom. The van der Waals surface area contributed by atoms with Gasteiger partial charge in [-0.25, -0.2) is 8.42 Å². The first-order chi connectivity index (χ1) is 9.35. The van der Waals surface area contributed by atoms with Crippen molar-refractivity contribution in [1.29, 1.82) is 0 Å². The predicted octanol–water partition coefficient (Wildman–Crippen LogP) is 1.82. The molecule has 108 valence electrons. The molecule has 0 saturated heterocycles. The summed E-state index contributed by atoms with van der Waals surface area (Å²) in [5, 5.41) is 4.44. The summed E-state index contributed by atoms with van der Waals surface area (Å²) in [5.41, 5.74) is 6.59. The maximum Gasteiger partial charge on any atom is 0.243 e.